The summed E-state index contributed by atoms with van der Waals surface area (Å²) in [6.07, 6.45) is -0.00643. The van der Waals surface area contributed by atoms with Gasteiger partial charge in [-0.25, -0.2) is 0 Å². The minimum absolute atomic E-state index is 0.117. The van der Waals surface area contributed by atoms with Crippen LogP contribution in [0.2, 0.25) is 0 Å². The van der Waals surface area contributed by atoms with Gasteiger partial charge in [-0.05, 0) is 38.3 Å². The van der Waals surface area contributed by atoms with Crippen molar-refractivity contribution >= 4 is 11.9 Å². The van der Waals surface area contributed by atoms with Crippen LogP contribution in [0.3, 0.4) is 0 Å². The summed E-state index contributed by atoms with van der Waals surface area (Å²) in [5, 5.41) is 11.3. The van der Waals surface area contributed by atoms with E-state index in [1.54, 1.807) is 0 Å². The molecule has 0 fully saturated rings. The van der Waals surface area contributed by atoms with E-state index in [-0.39, 0.29) is 24.8 Å². The van der Waals surface area contributed by atoms with E-state index in [2.05, 4.69) is 5.32 Å². The molecule has 6 heteroatoms. The van der Waals surface area contributed by atoms with E-state index < -0.39 is 12.0 Å². The second-order valence-corrected chi connectivity index (χ2v) is 5.48. The number of amides is 1. The Labute approximate surface area is 130 Å². The van der Waals surface area contributed by atoms with Gasteiger partial charge in [0.2, 0.25) is 5.91 Å². The van der Waals surface area contributed by atoms with Gasteiger partial charge in [0.15, 0.2) is 0 Å². The molecule has 6 nitrogen and oxygen atoms in total. The molecule has 0 heterocycles. The monoisotopic (exact) mass is 308 g/mol. The van der Waals surface area contributed by atoms with Crippen molar-refractivity contribution in [2.45, 2.75) is 45.7 Å². The van der Waals surface area contributed by atoms with Gasteiger partial charge < -0.3 is 20.9 Å². The fraction of sp³-hybridized carbons (Fsp3) is 0.500. The Balaban J connectivity index is 2.44. The van der Waals surface area contributed by atoms with Gasteiger partial charge in [-0.3, -0.25) is 9.59 Å². The van der Waals surface area contributed by atoms with E-state index in [9.17, 15) is 9.59 Å². The lowest BCUT2D eigenvalue weighted by Crippen LogP contribution is -2.46. The SMILES string of the molecule is Cc1cccc(C)c1OC[C@H](C)NC(=O)C(N)CCC(=O)O. The quantitative estimate of drug-likeness (QED) is 0.673. The number of aliphatic carboxylic acids is 1. The normalized spacial score (nSPS) is 13.3. The zero-order valence-corrected chi connectivity index (χ0v) is 13.3. The van der Waals surface area contributed by atoms with Crippen LogP contribution in [-0.2, 0) is 9.59 Å². The third-order valence-corrected chi connectivity index (χ3v) is 3.28. The standard InChI is InChI=1S/C16H24N2O4/c1-10-5-4-6-11(2)15(10)22-9-12(3)18-16(21)13(17)7-8-14(19)20/h4-6,12-13H,7-9,17H2,1-3H3,(H,18,21)(H,19,20)/t12-,13?/m0/s1. The molecule has 0 saturated heterocycles. The largest absolute Gasteiger partial charge is 0.491 e. The molecule has 0 aliphatic carbocycles. The maximum Gasteiger partial charge on any atom is 0.303 e. The molecule has 1 unspecified atom stereocenters. The van der Waals surface area contributed by atoms with Crippen LogP contribution in [-0.4, -0.2) is 35.7 Å². The van der Waals surface area contributed by atoms with Crippen LogP contribution in [0.4, 0.5) is 0 Å². The Morgan fingerprint density at radius 1 is 1.32 bits per heavy atom. The van der Waals surface area contributed by atoms with E-state index in [1.165, 1.54) is 0 Å². The average Bonchev–Trinajstić information content (AvgIpc) is 2.44. The highest BCUT2D eigenvalue weighted by Crippen LogP contribution is 2.22. The van der Waals surface area contributed by atoms with Crippen LogP contribution in [0.5, 0.6) is 5.75 Å². The number of benzene rings is 1. The number of para-hydroxylation sites is 1. The average molecular weight is 308 g/mol. The second-order valence-electron chi connectivity index (χ2n) is 5.48. The van der Waals surface area contributed by atoms with Crippen molar-refractivity contribution in [3.63, 3.8) is 0 Å². The highest BCUT2D eigenvalue weighted by molar-refractivity contribution is 5.82. The Hall–Kier alpha value is -2.08. The highest BCUT2D eigenvalue weighted by atomic mass is 16.5. The van der Waals surface area contributed by atoms with Crippen molar-refractivity contribution in [1.82, 2.24) is 5.32 Å². The molecule has 4 N–H and O–H groups in total. The number of nitrogens with two attached hydrogens (primary N) is 1. The molecule has 0 spiro atoms. The molecule has 2 atom stereocenters. The number of carbonyl (C=O) groups excluding carboxylic acids is 1. The first-order valence-electron chi connectivity index (χ1n) is 7.28. The van der Waals surface area contributed by atoms with Crippen LogP contribution in [0.1, 0.15) is 30.9 Å². The van der Waals surface area contributed by atoms with E-state index >= 15 is 0 Å². The van der Waals surface area contributed by atoms with Crippen LogP contribution >= 0.6 is 0 Å². The number of hydrogen-bond acceptors (Lipinski definition) is 4. The molecule has 0 radical (unpaired) electrons. The number of carboxylic acid groups (broad SMARTS) is 1. The summed E-state index contributed by atoms with van der Waals surface area (Å²) in [7, 11) is 0. The van der Waals surface area contributed by atoms with Gasteiger partial charge >= 0.3 is 5.97 Å². The van der Waals surface area contributed by atoms with Crippen LogP contribution < -0.4 is 15.8 Å². The lowest BCUT2D eigenvalue weighted by molar-refractivity contribution is -0.137. The van der Waals surface area contributed by atoms with E-state index in [1.807, 2.05) is 39.0 Å². The topological polar surface area (TPSA) is 102 Å². The van der Waals surface area contributed by atoms with Gasteiger partial charge in [-0.1, -0.05) is 18.2 Å². The summed E-state index contributed by atoms with van der Waals surface area (Å²) in [4.78, 5) is 22.3. The first-order chi connectivity index (χ1) is 10.3. The number of carboxylic acids is 1. The molecule has 0 bridgehead atoms. The molecular formula is C16H24N2O4. The zero-order valence-electron chi connectivity index (χ0n) is 13.3. The lowest BCUT2D eigenvalue weighted by Gasteiger charge is -2.19. The first-order valence-corrected chi connectivity index (χ1v) is 7.28. The number of carbonyl (C=O) groups is 2. The fourth-order valence-corrected chi connectivity index (χ4v) is 2.04. The summed E-state index contributed by atoms with van der Waals surface area (Å²) in [6, 6.07) is 4.85. The molecular weight excluding hydrogens is 284 g/mol. The Morgan fingerprint density at radius 3 is 2.45 bits per heavy atom. The van der Waals surface area contributed by atoms with E-state index in [4.69, 9.17) is 15.6 Å². The van der Waals surface area contributed by atoms with Crippen LogP contribution in [0.15, 0.2) is 18.2 Å². The maximum atomic E-state index is 11.8. The van der Waals surface area contributed by atoms with Gasteiger partial charge in [0.1, 0.15) is 12.4 Å². The number of nitrogens with one attached hydrogen (secondary N) is 1. The van der Waals surface area contributed by atoms with Crippen LogP contribution in [0.25, 0.3) is 0 Å². The van der Waals surface area contributed by atoms with Crippen molar-refractivity contribution in [2.75, 3.05) is 6.61 Å². The summed E-state index contributed by atoms with van der Waals surface area (Å²) in [6.45, 7) is 6.07. The smallest absolute Gasteiger partial charge is 0.303 e. The third kappa shape index (κ3) is 5.73. The third-order valence-electron chi connectivity index (χ3n) is 3.28. The van der Waals surface area contributed by atoms with Crippen molar-refractivity contribution in [1.29, 1.82) is 0 Å². The minimum Gasteiger partial charge on any atom is -0.491 e. The predicted octanol–water partition coefficient (Wildman–Crippen LogP) is 1.38. The predicted molar refractivity (Wildman–Crippen MR) is 83.9 cm³/mol. The summed E-state index contributed by atoms with van der Waals surface area (Å²) < 4.78 is 5.76. The summed E-state index contributed by atoms with van der Waals surface area (Å²) >= 11 is 0. The summed E-state index contributed by atoms with van der Waals surface area (Å²) in [5.74, 6) is -0.507. The highest BCUT2D eigenvalue weighted by Gasteiger charge is 2.17. The van der Waals surface area contributed by atoms with Crippen molar-refractivity contribution in [3.05, 3.63) is 29.3 Å². The number of hydrogen-bond donors (Lipinski definition) is 3. The molecule has 0 saturated carbocycles. The second kappa shape index (κ2) is 8.38. The van der Waals surface area contributed by atoms with E-state index in [0.717, 1.165) is 16.9 Å². The Morgan fingerprint density at radius 2 is 1.91 bits per heavy atom. The number of aryl methyl sites for hydroxylation is 2. The molecule has 22 heavy (non-hydrogen) atoms. The number of ether oxygens (including phenoxy) is 1. The van der Waals surface area contributed by atoms with Crippen molar-refractivity contribution in [2.24, 2.45) is 5.73 Å². The van der Waals surface area contributed by atoms with Gasteiger partial charge in [0.25, 0.3) is 0 Å². The fourth-order valence-electron chi connectivity index (χ4n) is 2.04. The first kappa shape index (κ1) is 18.0. The molecule has 1 amide bonds. The van der Waals surface area contributed by atoms with E-state index in [0.29, 0.717) is 6.61 Å². The maximum absolute atomic E-state index is 11.8. The number of rotatable bonds is 8. The molecule has 1 aromatic rings. The molecule has 1 rings (SSSR count). The Bertz CT molecular complexity index is 511. The van der Waals surface area contributed by atoms with Crippen LogP contribution in [0, 0.1) is 13.8 Å². The van der Waals surface area contributed by atoms with Gasteiger partial charge in [0, 0.05) is 6.42 Å². The van der Waals surface area contributed by atoms with Crippen molar-refractivity contribution < 1.29 is 19.4 Å². The molecule has 122 valence electrons. The van der Waals surface area contributed by atoms with Gasteiger partial charge in [0.05, 0.1) is 12.1 Å². The molecule has 0 aliphatic rings. The Kier molecular flexibility index (Phi) is 6.85. The molecule has 1 aromatic carbocycles. The lowest BCUT2D eigenvalue weighted by atomic mass is 10.1. The minimum atomic E-state index is -0.963. The zero-order chi connectivity index (χ0) is 16.7. The molecule has 0 aromatic heterocycles. The summed E-state index contributed by atoms with van der Waals surface area (Å²) in [5.41, 5.74) is 7.73. The molecule has 0 aliphatic heterocycles. The van der Waals surface area contributed by atoms with Gasteiger partial charge in [-0.2, -0.15) is 0 Å². The van der Waals surface area contributed by atoms with Gasteiger partial charge in [-0.15, -0.1) is 0 Å². The van der Waals surface area contributed by atoms with Crippen molar-refractivity contribution in [3.8, 4) is 5.75 Å².